The molecule has 2 fully saturated rings. The van der Waals surface area contributed by atoms with E-state index in [1.807, 2.05) is 12.1 Å². The number of hydrogen-bond donors (Lipinski definition) is 2. The van der Waals surface area contributed by atoms with Crippen molar-refractivity contribution in [1.82, 2.24) is 5.32 Å². The van der Waals surface area contributed by atoms with E-state index in [2.05, 4.69) is 5.32 Å². The molecule has 0 radical (unpaired) electrons. The average Bonchev–Trinajstić information content (AvgIpc) is 2.97. The number of aliphatic hydroxyl groups excluding tert-OH is 1. The van der Waals surface area contributed by atoms with Gasteiger partial charge in [-0.05, 0) is 43.4 Å². The van der Waals surface area contributed by atoms with Crippen molar-refractivity contribution in [2.75, 3.05) is 27.4 Å². The molecule has 5 heteroatoms. The van der Waals surface area contributed by atoms with Gasteiger partial charge < -0.3 is 24.6 Å². The molecule has 2 atom stereocenters. The summed E-state index contributed by atoms with van der Waals surface area (Å²) in [4.78, 5) is 0. The lowest BCUT2D eigenvalue weighted by Gasteiger charge is -2.37. The van der Waals surface area contributed by atoms with Gasteiger partial charge in [0.05, 0.1) is 32.5 Å². The third-order valence-electron chi connectivity index (χ3n) is 4.83. The fraction of sp³-hybridized carbons (Fsp3) is 0.647. The van der Waals surface area contributed by atoms with E-state index in [4.69, 9.17) is 14.2 Å². The second-order valence-electron chi connectivity index (χ2n) is 6.32. The highest BCUT2D eigenvalue weighted by Crippen LogP contribution is 2.43. The molecule has 122 valence electrons. The van der Waals surface area contributed by atoms with Crippen molar-refractivity contribution in [3.63, 3.8) is 0 Å². The number of nitrogens with one attached hydrogen (secondary N) is 1. The van der Waals surface area contributed by atoms with Crippen molar-refractivity contribution < 1.29 is 19.3 Å². The second-order valence-corrected chi connectivity index (χ2v) is 6.32. The molecule has 2 N–H and O–H groups in total. The van der Waals surface area contributed by atoms with Gasteiger partial charge in [0.2, 0.25) is 0 Å². The number of benzene rings is 1. The minimum absolute atomic E-state index is 0.141. The molecule has 22 heavy (non-hydrogen) atoms. The first-order valence-electron chi connectivity index (χ1n) is 7.92. The normalized spacial score (nSPS) is 24.0. The summed E-state index contributed by atoms with van der Waals surface area (Å²) >= 11 is 0. The Balaban J connectivity index is 1.56. The van der Waals surface area contributed by atoms with Gasteiger partial charge in [0.15, 0.2) is 0 Å². The molecule has 1 heterocycles. The Labute approximate surface area is 131 Å². The predicted molar refractivity (Wildman–Crippen MR) is 83.4 cm³/mol. The molecule has 0 amide bonds. The molecule has 1 saturated carbocycles. The van der Waals surface area contributed by atoms with Crippen molar-refractivity contribution in [3.8, 4) is 11.5 Å². The summed E-state index contributed by atoms with van der Waals surface area (Å²) in [6.45, 7) is 1.24. The Kier molecular flexibility index (Phi) is 4.57. The summed E-state index contributed by atoms with van der Waals surface area (Å²) < 4.78 is 16.4. The molecular formula is C17H25NO4. The Bertz CT molecular complexity index is 493. The van der Waals surface area contributed by atoms with Gasteiger partial charge in [-0.15, -0.1) is 0 Å². The Morgan fingerprint density at radius 3 is 2.45 bits per heavy atom. The zero-order valence-electron chi connectivity index (χ0n) is 13.3. The first-order chi connectivity index (χ1) is 10.6. The zero-order chi connectivity index (χ0) is 15.6. The predicted octanol–water partition coefficient (Wildman–Crippen LogP) is 2.04. The molecule has 0 aromatic heterocycles. The van der Waals surface area contributed by atoms with Crippen molar-refractivity contribution in [2.45, 2.75) is 43.4 Å². The summed E-state index contributed by atoms with van der Waals surface area (Å²) in [5, 5.41) is 13.8. The van der Waals surface area contributed by atoms with Crippen LogP contribution >= 0.6 is 0 Å². The molecule has 1 saturated heterocycles. The Morgan fingerprint density at radius 1 is 1.27 bits per heavy atom. The van der Waals surface area contributed by atoms with Crippen LogP contribution in [0.5, 0.6) is 11.5 Å². The number of methoxy groups -OCH3 is 2. The van der Waals surface area contributed by atoms with Crippen molar-refractivity contribution in [1.29, 1.82) is 0 Å². The van der Waals surface area contributed by atoms with Gasteiger partial charge in [-0.25, -0.2) is 0 Å². The summed E-state index contributed by atoms with van der Waals surface area (Å²) in [6.07, 6.45) is 4.10. The summed E-state index contributed by atoms with van der Waals surface area (Å²) in [7, 11) is 3.22. The summed E-state index contributed by atoms with van der Waals surface area (Å²) in [5.74, 6) is 1.37. The van der Waals surface area contributed by atoms with E-state index in [-0.39, 0.29) is 5.60 Å². The lowest BCUT2D eigenvalue weighted by Crippen LogP contribution is -2.38. The van der Waals surface area contributed by atoms with E-state index in [1.54, 1.807) is 20.3 Å². The monoisotopic (exact) mass is 307 g/mol. The smallest absolute Gasteiger partial charge is 0.122 e. The maximum atomic E-state index is 10.4. The van der Waals surface area contributed by atoms with Crippen molar-refractivity contribution >= 4 is 0 Å². The van der Waals surface area contributed by atoms with Gasteiger partial charge >= 0.3 is 0 Å². The summed E-state index contributed by atoms with van der Waals surface area (Å²) in [5.41, 5.74) is 0.933. The van der Waals surface area contributed by atoms with Crippen LogP contribution < -0.4 is 14.8 Å². The fourth-order valence-corrected chi connectivity index (χ4v) is 3.31. The molecule has 1 aliphatic heterocycles. The van der Waals surface area contributed by atoms with E-state index in [0.717, 1.165) is 18.6 Å². The summed E-state index contributed by atoms with van der Waals surface area (Å²) in [6, 6.07) is 5.82. The molecule has 2 aliphatic rings. The van der Waals surface area contributed by atoms with E-state index in [0.29, 0.717) is 24.1 Å². The van der Waals surface area contributed by atoms with E-state index in [9.17, 15) is 5.11 Å². The van der Waals surface area contributed by atoms with Gasteiger partial charge in [0, 0.05) is 18.7 Å². The standard InChI is InChI=1S/C17H25NO4/c1-20-14-6-12(7-15(8-14)21-2)16(19)10-18-13-9-17(22-11-13)4-3-5-17/h6-8,13,16,18-19H,3-5,9-11H2,1-2H3. The van der Waals surface area contributed by atoms with Gasteiger partial charge in [0.25, 0.3) is 0 Å². The van der Waals surface area contributed by atoms with Crippen LogP contribution in [0, 0.1) is 0 Å². The largest absolute Gasteiger partial charge is 0.497 e. The van der Waals surface area contributed by atoms with E-state index < -0.39 is 6.10 Å². The third kappa shape index (κ3) is 3.21. The minimum atomic E-state index is -0.595. The highest BCUT2D eigenvalue weighted by molar-refractivity contribution is 5.39. The number of aliphatic hydroxyl groups is 1. The van der Waals surface area contributed by atoms with Gasteiger partial charge in [0.1, 0.15) is 11.5 Å². The van der Waals surface area contributed by atoms with Crippen LogP contribution in [0.2, 0.25) is 0 Å². The van der Waals surface area contributed by atoms with Gasteiger partial charge in [-0.3, -0.25) is 0 Å². The molecule has 5 nitrogen and oxygen atoms in total. The molecule has 1 aliphatic carbocycles. The number of ether oxygens (including phenoxy) is 3. The fourth-order valence-electron chi connectivity index (χ4n) is 3.31. The zero-order valence-corrected chi connectivity index (χ0v) is 13.3. The lowest BCUT2D eigenvalue weighted by atomic mass is 9.77. The molecule has 2 unspecified atom stereocenters. The molecule has 1 aromatic rings. The Hall–Kier alpha value is -1.30. The first-order valence-corrected chi connectivity index (χ1v) is 7.92. The van der Waals surface area contributed by atoms with Crippen LogP contribution in [0.4, 0.5) is 0 Å². The van der Waals surface area contributed by atoms with E-state index in [1.165, 1.54) is 19.3 Å². The maximum absolute atomic E-state index is 10.4. The van der Waals surface area contributed by atoms with Crippen LogP contribution in [-0.2, 0) is 4.74 Å². The quantitative estimate of drug-likeness (QED) is 0.842. The molecule has 3 rings (SSSR count). The number of hydrogen-bond acceptors (Lipinski definition) is 5. The molecule has 1 aromatic carbocycles. The SMILES string of the molecule is COc1cc(OC)cc(C(O)CNC2COC3(CCC3)C2)c1. The van der Waals surface area contributed by atoms with Crippen LogP contribution in [-0.4, -0.2) is 44.1 Å². The first kappa shape index (κ1) is 15.6. The Morgan fingerprint density at radius 2 is 1.95 bits per heavy atom. The van der Waals surface area contributed by atoms with E-state index >= 15 is 0 Å². The van der Waals surface area contributed by atoms with Crippen LogP contribution in [0.1, 0.15) is 37.4 Å². The lowest BCUT2D eigenvalue weighted by molar-refractivity contribution is -0.0563. The highest BCUT2D eigenvalue weighted by atomic mass is 16.5. The minimum Gasteiger partial charge on any atom is -0.497 e. The van der Waals surface area contributed by atoms with Gasteiger partial charge in [-0.1, -0.05) is 0 Å². The van der Waals surface area contributed by atoms with Crippen molar-refractivity contribution in [2.24, 2.45) is 0 Å². The topological polar surface area (TPSA) is 60.0 Å². The maximum Gasteiger partial charge on any atom is 0.122 e. The molecule has 0 bridgehead atoms. The highest BCUT2D eigenvalue weighted by Gasteiger charge is 2.44. The van der Waals surface area contributed by atoms with Crippen LogP contribution in [0.15, 0.2) is 18.2 Å². The average molecular weight is 307 g/mol. The van der Waals surface area contributed by atoms with Crippen LogP contribution in [0.25, 0.3) is 0 Å². The van der Waals surface area contributed by atoms with Crippen molar-refractivity contribution in [3.05, 3.63) is 23.8 Å². The molecule has 1 spiro atoms. The third-order valence-corrected chi connectivity index (χ3v) is 4.83. The van der Waals surface area contributed by atoms with Gasteiger partial charge in [-0.2, -0.15) is 0 Å². The molecular weight excluding hydrogens is 282 g/mol. The number of rotatable bonds is 6. The van der Waals surface area contributed by atoms with Crippen LogP contribution in [0.3, 0.4) is 0 Å². The second kappa shape index (κ2) is 6.44.